The Morgan fingerprint density at radius 2 is 1.95 bits per heavy atom. The molecule has 108 valence electrons. The van der Waals surface area contributed by atoms with Gasteiger partial charge in [0, 0.05) is 18.8 Å². The van der Waals surface area contributed by atoms with Gasteiger partial charge in [-0.2, -0.15) is 0 Å². The largest absolute Gasteiger partial charge is 0.497 e. The van der Waals surface area contributed by atoms with E-state index in [2.05, 4.69) is 29.4 Å². The van der Waals surface area contributed by atoms with Gasteiger partial charge in [0.1, 0.15) is 5.75 Å². The zero-order chi connectivity index (χ0) is 14.5. The summed E-state index contributed by atoms with van der Waals surface area (Å²) in [6.45, 7) is 4.71. The second kappa shape index (κ2) is 6.38. The summed E-state index contributed by atoms with van der Waals surface area (Å²) in [4.78, 5) is 1.84. The van der Waals surface area contributed by atoms with Crippen LogP contribution in [0.3, 0.4) is 0 Å². The van der Waals surface area contributed by atoms with Gasteiger partial charge in [-0.1, -0.05) is 18.9 Å². The number of aromatic nitrogens is 2. The lowest BCUT2D eigenvalue weighted by Gasteiger charge is -2.14. The average molecular weight is 276 g/mol. The molecule has 0 amide bonds. The predicted octanol–water partition coefficient (Wildman–Crippen LogP) is 2.34. The number of ether oxygens (including phenoxy) is 1. The molecule has 2 rings (SSSR count). The van der Waals surface area contributed by atoms with Crippen molar-refractivity contribution in [1.82, 2.24) is 15.5 Å². The lowest BCUT2D eigenvalue weighted by atomic mass is 10.3. The molecule has 0 bridgehead atoms. The molecule has 6 nitrogen and oxygen atoms in total. The number of methoxy groups -OCH3 is 1. The van der Waals surface area contributed by atoms with Crippen molar-refractivity contribution in [1.29, 1.82) is 0 Å². The van der Waals surface area contributed by atoms with Gasteiger partial charge >= 0.3 is 6.01 Å². The van der Waals surface area contributed by atoms with Crippen molar-refractivity contribution in [3.05, 3.63) is 30.2 Å². The molecule has 1 heterocycles. The van der Waals surface area contributed by atoms with Crippen LogP contribution in [0.1, 0.15) is 19.7 Å². The molecule has 0 aliphatic heterocycles. The minimum atomic E-state index is 0.379. The van der Waals surface area contributed by atoms with Crippen LogP contribution in [0.4, 0.5) is 11.7 Å². The number of hydrogen-bond donors (Lipinski definition) is 1. The molecule has 0 fully saturated rings. The first-order valence-corrected chi connectivity index (χ1v) is 6.53. The normalized spacial score (nSPS) is 10.8. The van der Waals surface area contributed by atoms with E-state index in [1.165, 1.54) is 0 Å². The highest BCUT2D eigenvalue weighted by molar-refractivity contribution is 5.56. The third-order valence-electron chi connectivity index (χ3n) is 2.86. The van der Waals surface area contributed by atoms with Gasteiger partial charge in [-0.05, 0) is 24.3 Å². The summed E-state index contributed by atoms with van der Waals surface area (Å²) in [5.74, 6) is 1.39. The van der Waals surface area contributed by atoms with Gasteiger partial charge < -0.3 is 14.5 Å². The second-order valence-corrected chi connectivity index (χ2v) is 4.77. The molecule has 1 aromatic carbocycles. The number of rotatable bonds is 6. The fraction of sp³-hybridized carbons (Fsp3) is 0.429. The summed E-state index contributed by atoms with van der Waals surface area (Å²) in [6, 6.07) is 8.51. The number of anilines is 2. The van der Waals surface area contributed by atoms with Gasteiger partial charge in [-0.25, -0.2) is 0 Å². The maximum atomic E-state index is 5.62. The Morgan fingerprint density at radius 1 is 1.25 bits per heavy atom. The van der Waals surface area contributed by atoms with E-state index in [0.717, 1.165) is 11.4 Å². The minimum absolute atomic E-state index is 0.379. The molecule has 6 heteroatoms. The molecule has 20 heavy (non-hydrogen) atoms. The maximum absolute atomic E-state index is 5.62. The fourth-order valence-corrected chi connectivity index (χ4v) is 1.66. The van der Waals surface area contributed by atoms with Crippen LogP contribution in [0.15, 0.2) is 28.7 Å². The molecule has 0 spiro atoms. The van der Waals surface area contributed by atoms with E-state index in [4.69, 9.17) is 9.15 Å². The Labute approximate surface area is 118 Å². The zero-order valence-electron chi connectivity index (χ0n) is 12.3. The zero-order valence-corrected chi connectivity index (χ0v) is 12.3. The first-order valence-electron chi connectivity index (χ1n) is 6.53. The lowest BCUT2D eigenvalue weighted by Crippen LogP contribution is -2.21. The van der Waals surface area contributed by atoms with Crippen LogP contribution in [0.5, 0.6) is 5.75 Å². The standard InChI is InChI=1S/C14H20N4O2/c1-10(2)15-9-13-16-17-14(20-13)18(3)11-5-7-12(19-4)8-6-11/h5-8,10,15H,9H2,1-4H3. The summed E-state index contributed by atoms with van der Waals surface area (Å²) in [5, 5.41) is 11.3. The van der Waals surface area contributed by atoms with E-state index in [-0.39, 0.29) is 0 Å². The molecule has 0 saturated carbocycles. The molecule has 0 aliphatic carbocycles. The van der Waals surface area contributed by atoms with Crippen LogP contribution in [0, 0.1) is 0 Å². The Hall–Kier alpha value is -2.08. The Bertz CT molecular complexity index is 536. The maximum Gasteiger partial charge on any atom is 0.322 e. The molecule has 2 aromatic rings. The van der Waals surface area contributed by atoms with Crippen molar-refractivity contribution in [2.45, 2.75) is 26.4 Å². The predicted molar refractivity (Wildman–Crippen MR) is 77.3 cm³/mol. The summed E-state index contributed by atoms with van der Waals surface area (Å²) in [6.07, 6.45) is 0. The Kier molecular flexibility index (Phi) is 4.57. The molecular weight excluding hydrogens is 256 g/mol. The number of benzene rings is 1. The van der Waals surface area contributed by atoms with Crippen molar-refractivity contribution >= 4 is 11.7 Å². The monoisotopic (exact) mass is 276 g/mol. The lowest BCUT2D eigenvalue weighted by molar-refractivity contribution is 0.415. The highest BCUT2D eigenvalue weighted by Crippen LogP contribution is 2.24. The van der Waals surface area contributed by atoms with Crippen LogP contribution in [0.2, 0.25) is 0 Å². The highest BCUT2D eigenvalue weighted by atomic mass is 16.5. The van der Waals surface area contributed by atoms with E-state index >= 15 is 0 Å². The van der Waals surface area contributed by atoms with Crippen LogP contribution in [-0.2, 0) is 6.54 Å². The first kappa shape index (κ1) is 14.3. The van der Waals surface area contributed by atoms with E-state index < -0.39 is 0 Å². The van der Waals surface area contributed by atoms with Crippen molar-refractivity contribution in [2.24, 2.45) is 0 Å². The summed E-state index contributed by atoms with van der Waals surface area (Å²) in [5.41, 5.74) is 0.956. The van der Waals surface area contributed by atoms with Crippen molar-refractivity contribution < 1.29 is 9.15 Å². The SMILES string of the molecule is COc1ccc(N(C)c2nnc(CNC(C)C)o2)cc1. The van der Waals surface area contributed by atoms with E-state index in [1.54, 1.807) is 7.11 Å². The smallest absolute Gasteiger partial charge is 0.322 e. The summed E-state index contributed by atoms with van der Waals surface area (Å²) in [7, 11) is 3.53. The van der Waals surface area contributed by atoms with E-state index in [1.807, 2.05) is 36.2 Å². The number of nitrogens with one attached hydrogen (secondary N) is 1. The van der Waals surface area contributed by atoms with Gasteiger partial charge in [0.2, 0.25) is 5.89 Å². The van der Waals surface area contributed by atoms with E-state index in [9.17, 15) is 0 Å². The highest BCUT2D eigenvalue weighted by Gasteiger charge is 2.12. The van der Waals surface area contributed by atoms with Gasteiger partial charge in [0.15, 0.2) is 0 Å². The quantitative estimate of drug-likeness (QED) is 0.873. The van der Waals surface area contributed by atoms with Gasteiger partial charge in [0.25, 0.3) is 0 Å². The molecule has 0 atom stereocenters. The molecule has 1 N–H and O–H groups in total. The Morgan fingerprint density at radius 3 is 2.55 bits per heavy atom. The van der Waals surface area contributed by atoms with Crippen LogP contribution >= 0.6 is 0 Å². The Balaban J connectivity index is 2.06. The van der Waals surface area contributed by atoms with Gasteiger partial charge in [-0.15, -0.1) is 5.10 Å². The third kappa shape index (κ3) is 3.48. The fourth-order valence-electron chi connectivity index (χ4n) is 1.66. The van der Waals surface area contributed by atoms with Crippen LogP contribution < -0.4 is 15.0 Å². The molecule has 0 unspecified atom stereocenters. The number of hydrogen-bond acceptors (Lipinski definition) is 6. The van der Waals surface area contributed by atoms with Gasteiger partial charge in [-0.3, -0.25) is 4.90 Å². The van der Waals surface area contributed by atoms with Crippen molar-refractivity contribution in [2.75, 3.05) is 19.1 Å². The van der Waals surface area contributed by atoms with Crippen molar-refractivity contribution in [3.63, 3.8) is 0 Å². The number of nitrogens with zero attached hydrogens (tertiary/aromatic N) is 3. The van der Waals surface area contributed by atoms with Crippen molar-refractivity contribution in [3.8, 4) is 5.75 Å². The summed E-state index contributed by atoms with van der Waals surface area (Å²) >= 11 is 0. The second-order valence-electron chi connectivity index (χ2n) is 4.77. The molecule has 0 radical (unpaired) electrons. The average Bonchev–Trinajstić information content (AvgIpc) is 2.93. The van der Waals surface area contributed by atoms with Gasteiger partial charge in [0.05, 0.1) is 13.7 Å². The third-order valence-corrected chi connectivity index (χ3v) is 2.86. The molecule has 0 aliphatic rings. The molecule has 0 saturated heterocycles. The first-order chi connectivity index (χ1) is 9.60. The molecule has 1 aromatic heterocycles. The van der Waals surface area contributed by atoms with Crippen LogP contribution in [-0.4, -0.2) is 30.4 Å². The summed E-state index contributed by atoms with van der Waals surface area (Å²) < 4.78 is 10.8. The minimum Gasteiger partial charge on any atom is -0.497 e. The van der Waals surface area contributed by atoms with Crippen LogP contribution in [0.25, 0.3) is 0 Å². The molecular formula is C14H20N4O2. The van der Waals surface area contributed by atoms with E-state index in [0.29, 0.717) is 24.5 Å². The topological polar surface area (TPSA) is 63.4 Å².